The fourth-order valence-electron chi connectivity index (χ4n) is 3.88. The summed E-state index contributed by atoms with van der Waals surface area (Å²) in [7, 11) is -3.48. The molecule has 1 amide bonds. The maximum Gasteiger partial charge on any atom is 0.253 e. The number of nitrogens with zero attached hydrogens (tertiary/aromatic N) is 2. The van der Waals surface area contributed by atoms with Crippen molar-refractivity contribution in [3.05, 3.63) is 29.8 Å². The molecule has 0 aliphatic carbocycles. The van der Waals surface area contributed by atoms with Gasteiger partial charge < -0.3 is 4.90 Å². The first kappa shape index (κ1) is 17.4. The van der Waals surface area contributed by atoms with Gasteiger partial charge in [0.2, 0.25) is 10.0 Å². The Morgan fingerprint density at radius 1 is 1.08 bits per heavy atom. The van der Waals surface area contributed by atoms with Crippen LogP contribution in [0.15, 0.2) is 29.2 Å². The van der Waals surface area contributed by atoms with Crippen LogP contribution in [0.25, 0.3) is 0 Å². The van der Waals surface area contributed by atoms with E-state index >= 15 is 0 Å². The fourth-order valence-corrected chi connectivity index (χ4v) is 5.44. The van der Waals surface area contributed by atoms with Gasteiger partial charge in [0.05, 0.1) is 4.90 Å². The Morgan fingerprint density at radius 3 is 2.33 bits per heavy atom. The van der Waals surface area contributed by atoms with Crippen LogP contribution < -0.4 is 0 Å². The predicted octanol–water partition coefficient (Wildman–Crippen LogP) is 2.59. The Morgan fingerprint density at radius 2 is 1.71 bits per heavy atom. The molecule has 3 rings (SSSR count). The van der Waals surface area contributed by atoms with Gasteiger partial charge in [0.25, 0.3) is 5.91 Å². The molecule has 0 unspecified atom stereocenters. The van der Waals surface area contributed by atoms with Gasteiger partial charge in [-0.3, -0.25) is 4.79 Å². The van der Waals surface area contributed by atoms with Crippen LogP contribution in [0, 0.1) is 11.8 Å². The Hall–Kier alpha value is -1.40. The Kier molecular flexibility index (Phi) is 4.97. The molecule has 2 aliphatic rings. The number of hydrogen-bond acceptors (Lipinski definition) is 3. The van der Waals surface area contributed by atoms with Gasteiger partial charge in [-0.1, -0.05) is 19.9 Å². The molecule has 2 atom stereocenters. The molecule has 2 aliphatic heterocycles. The highest BCUT2D eigenvalue weighted by Gasteiger charge is 2.29. The summed E-state index contributed by atoms with van der Waals surface area (Å²) >= 11 is 0. The highest BCUT2D eigenvalue weighted by molar-refractivity contribution is 7.89. The first-order valence-electron chi connectivity index (χ1n) is 8.77. The largest absolute Gasteiger partial charge is 0.338 e. The summed E-state index contributed by atoms with van der Waals surface area (Å²) in [6, 6.07) is 6.52. The van der Waals surface area contributed by atoms with Crippen molar-refractivity contribution in [2.24, 2.45) is 11.8 Å². The molecule has 0 spiro atoms. The van der Waals surface area contributed by atoms with E-state index in [1.807, 2.05) is 4.90 Å². The van der Waals surface area contributed by atoms with E-state index in [0.717, 1.165) is 32.4 Å². The van der Waals surface area contributed by atoms with Crippen LogP contribution in [0.4, 0.5) is 0 Å². The van der Waals surface area contributed by atoms with Gasteiger partial charge in [0.15, 0.2) is 0 Å². The van der Waals surface area contributed by atoms with Gasteiger partial charge in [0, 0.05) is 31.7 Å². The molecular formula is C18H26N2O3S. The maximum absolute atomic E-state index is 12.8. The molecule has 0 radical (unpaired) electrons. The third kappa shape index (κ3) is 3.49. The molecule has 1 aromatic rings. The van der Waals surface area contributed by atoms with E-state index in [2.05, 4.69) is 13.8 Å². The number of amides is 1. The first-order chi connectivity index (χ1) is 11.4. The molecule has 0 N–H and O–H groups in total. The SMILES string of the molecule is C[C@H]1C[C@H](C)CN(C(=O)c2cccc(S(=O)(=O)N3CCCC3)c2)C1. The summed E-state index contributed by atoms with van der Waals surface area (Å²) < 4.78 is 26.9. The van der Waals surface area contributed by atoms with E-state index < -0.39 is 10.0 Å². The molecule has 0 aromatic heterocycles. The highest BCUT2D eigenvalue weighted by atomic mass is 32.2. The third-order valence-corrected chi connectivity index (χ3v) is 6.83. The van der Waals surface area contributed by atoms with E-state index in [1.165, 1.54) is 4.31 Å². The standard InChI is InChI=1S/C18H26N2O3S/c1-14-10-15(2)13-19(12-14)18(21)16-6-5-7-17(11-16)24(22,23)20-8-3-4-9-20/h5-7,11,14-15H,3-4,8-10,12-13H2,1-2H3/t14-,15-/m0/s1. The quantitative estimate of drug-likeness (QED) is 0.842. The van der Waals surface area contributed by atoms with Gasteiger partial charge in [-0.05, 0) is 49.3 Å². The summed E-state index contributed by atoms with van der Waals surface area (Å²) in [6.07, 6.45) is 2.94. The van der Waals surface area contributed by atoms with Crippen LogP contribution in [-0.4, -0.2) is 49.7 Å². The van der Waals surface area contributed by atoms with Crippen LogP contribution in [0.2, 0.25) is 0 Å². The molecular weight excluding hydrogens is 324 g/mol. The molecule has 6 heteroatoms. The lowest BCUT2D eigenvalue weighted by molar-refractivity contribution is 0.0623. The minimum Gasteiger partial charge on any atom is -0.338 e. The van der Waals surface area contributed by atoms with Crippen molar-refractivity contribution >= 4 is 15.9 Å². The Balaban J connectivity index is 1.83. The molecule has 0 saturated carbocycles. The number of sulfonamides is 1. The number of carbonyl (C=O) groups excluding carboxylic acids is 1. The lowest BCUT2D eigenvalue weighted by Crippen LogP contribution is -2.42. The second-order valence-corrected chi connectivity index (χ2v) is 9.23. The van der Waals surface area contributed by atoms with Crippen LogP contribution in [-0.2, 0) is 10.0 Å². The molecule has 1 aromatic carbocycles. The van der Waals surface area contributed by atoms with E-state index in [0.29, 0.717) is 30.5 Å². The van der Waals surface area contributed by atoms with Crippen molar-refractivity contribution in [1.82, 2.24) is 9.21 Å². The van der Waals surface area contributed by atoms with E-state index in [9.17, 15) is 13.2 Å². The van der Waals surface area contributed by atoms with E-state index in [-0.39, 0.29) is 10.8 Å². The van der Waals surface area contributed by atoms with E-state index in [4.69, 9.17) is 0 Å². The molecule has 132 valence electrons. The van der Waals surface area contributed by atoms with Crippen molar-refractivity contribution in [3.63, 3.8) is 0 Å². The zero-order valence-electron chi connectivity index (χ0n) is 14.4. The number of rotatable bonds is 3. The number of piperidine rings is 1. The smallest absolute Gasteiger partial charge is 0.253 e. The number of hydrogen-bond donors (Lipinski definition) is 0. The average Bonchev–Trinajstić information content (AvgIpc) is 3.08. The van der Waals surface area contributed by atoms with Crippen molar-refractivity contribution in [1.29, 1.82) is 0 Å². The summed E-state index contributed by atoms with van der Waals surface area (Å²) in [5, 5.41) is 0. The molecule has 2 fully saturated rings. The molecule has 2 heterocycles. The second-order valence-electron chi connectivity index (χ2n) is 7.30. The molecule has 2 saturated heterocycles. The van der Waals surface area contributed by atoms with E-state index in [1.54, 1.807) is 24.3 Å². The topological polar surface area (TPSA) is 57.7 Å². The summed E-state index contributed by atoms with van der Waals surface area (Å²) in [6.45, 7) is 6.94. The fraction of sp³-hybridized carbons (Fsp3) is 0.611. The maximum atomic E-state index is 12.8. The number of carbonyl (C=O) groups is 1. The normalized spacial score (nSPS) is 25.8. The van der Waals surface area contributed by atoms with Crippen LogP contribution >= 0.6 is 0 Å². The first-order valence-corrected chi connectivity index (χ1v) is 10.2. The summed E-state index contributed by atoms with van der Waals surface area (Å²) in [5.74, 6) is 0.898. The van der Waals surface area contributed by atoms with Crippen LogP contribution in [0.3, 0.4) is 0 Å². The molecule has 24 heavy (non-hydrogen) atoms. The molecule has 5 nitrogen and oxygen atoms in total. The summed E-state index contributed by atoms with van der Waals surface area (Å²) in [4.78, 5) is 14.9. The Bertz CT molecular complexity index is 701. The predicted molar refractivity (Wildman–Crippen MR) is 93.3 cm³/mol. The zero-order chi connectivity index (χ0) is 17.3. The van der Waals surface area contributed by atoms with Crippen molar-refractivity contribution in [3.8, 4) is 0 Å². The lowest BCUT2D eigenvalue weighted by atomic mass is 9.91. The highest BCUT2D eigenvalue weighted by Crippen LogP contribution is 2.25. The van der Waals surface area contributed by atoms with Crippen molar-refractivity contribution in [2.75, 3.05) is 26.2 Å². The Labute approximate surface area is 144 Å². The minimum absolute atomic E-state index is 0.0631. The van der Waals surface area contributed by atoms with Gasteiger partial charge in [-0.25, -0.2) is 8.42 Å². The number of likely N-dealkylation sites (tertiary alicyclic amines) is 1. The lowest BCUT2D eigenvalue weighted by Gasteiger charge is -2.35. The van der Waals surface area contributed by atoms with Gasteiger partial charge in [-0.15, -0.1) is 0 Å². The van der Waals surface area contributed by atoms with Gasteiger partial charge in [-0.2, -0.15) is 4.31 Å². The van der Waals surface area contributed by atoms with Crippen molar-refractivity contribution < 1.29 is 13.2 Å². The van der Waals surface area contributed by atoms with Gasteiger partial charge in [0.1, 0.15) is 0 Å². The van der Waals surface area contributed by atoms with Crippen molar-refractivity contribution in [2.45, 2.75) is 38.0 Å². The average molecular weight is 350 g/mol. The monoisotopic (exact) mass is 350 g/mol. The molecule has 0 bridgehead atoms. The second kappa shape index (κ2) is 6.84. The summed E-state index contributed by atoms with van der Waals surface area (Å²) in [5.41, 5.74) is 0.469. The van der Waals surface area contributed by atoms with Crippen LogP contribution in [0.1, 0.15) is 43.5 Å². The third-order valence-electron chi connectivity index (χ3n) is 4.94. The van der Waals surface area contributed by atoms with Gasteiger partial charge >= 0.3 is 0 Å². The van der Waals surface area contributed by atoms with Crippen LogP contribution in [0.5, 0.6) is 0 Å². The zero-order valence-corrected chi connectivity index (χ0v) is 15.3. The number of benzene rings is 1. The minimum atomic E-state index is -3.48.